The summed E-state index contributed by atoms with van der Waals surface area (Å²) in [6, 6.07) is 8.31. The predicted molar refractivity (Wildman–Crippen MR) is 85.1 cm³/mol. The summed E-state index contributed by atoms with van der Waals surface area (Å²) in [4.78, 5) is 12.3. The number of benzene rings is 1. The zero-order valence-electron chi connectivity index (χ0n) is 13.4. The number of aryl methyl sites for hydroxylation is 1. The molecule has 2 rings (SSSR count). The Morgan fingerprint density at radius 1 is 1.33 bits per heavy atom. The van der Waals surface area contributed by atoms with E-state index in [1.807, 2.05) is 12.1 Å². The van der Waals surface area contributed by atoms with Crippen molar-refractivity contribution in [2.75, 3.05) is 13.2 Å². The molecule has 0 bridgehead atoms. The van der Waals surface area contributed by atoms with E-state index in [0.717, 1.165) is 19.3 Å². The molecule has 0 heterocycles. The third-order valence-electron chi connectivity index (χ3n) is 5.19. The van der Waals surface area contributed by atoms with Crippen LogP contribution >= 0.6 is 0 Å². The molecule has 3 nitrogen and oxygen atoms in total. The van der Waals surface area contributed by atoms with Gasteiger partial charge in [-0.15, -0.1) is 0 Å². The first-order valence-corrected chi connectivity index (χ1v) is 8.01. The third kappa shape index (κ3) is 3.46. The Bertz CT molecular complexity index is 485. The van der Waals surface area contributed by atoms with E-state index >= 15 is 0 Å². The average Bonchev–Trinajstić information content (AvgIpc) is 3.30. The SMILES string of the molecule is CCC(CC)(CO)CNC(=O)C1CC1c1ccccc1C. The monoisotopic (exact) mass is 289 g/mol. The van der Waals surface area contributed by atoms with Gasteiger partial charge in [-0.1, -0.05) is 38.1 Å². The van der Waals surface area contributed by atoms with Gasteiger partial charge in [0.1, 0.15) is 0 Å². The van der Waals surface area contributed by atoms with Gasteiger partial charge in [0.05, 0.1) is 6.61 Å². The second-order valence-electron chi connectivity index (χ2n) is 6.39. The topological polar surface area (TPSA) is 49.3 Å². The van der Waals surface area contributed by atoms with Crippen LogP contribution in [0, 0.1) is 18.3 Å². The van der Waals surface area contributed by atoms with Crippen molar-refractivity contribution in [3.63, 3.8) is 0 Å². The largest absolute Gasteiger partial charge is 0.396 e. The first kappa shape index (κ1) is 16.0. The standard InChI is InChI=1S/C18H27NO2/c1-4-18(5-2,12-20)11-19-17(21)16-10-15(16)14-9-7-6-8-13(14)3/h6-9,15-16,20H,4-5,10-12H2,1-3H3,(H,19,21). The number of aliphatic hydroxyl groups is 1. The summed E-state index contributed by atoms with van der Waals surface area (Å²) < 4.78 is 0. The van der Waals surface area contributed by atoms with Crippen LogP contribution in [0.4, 0.5) is 0 Å². The first-order chi connectivity index (χ1) is 10.1. The van der Waals surface area contributed by atoms with E-state index in [-0.39, 0.29) is 23.8 Å². The van der Waals surface area contributed by atoms with Crippen LogP contribution in [0.5, 0.6) is 0 Å². The van der Waals surface area contributed by atoms with Crippen LogP contribution in [-0.4, -0.2) is 24.2 Å². The number of amides is 1. The Kier molecular flexibility index (Phi) is 5.04. The minimum absolute atomic E-state index is 0.108. The van der Waals surface area contributed by atoms with E-state index in [4.69, 9.17) is 0 Å². The summed E-state index contributed by atoms with van der Waals surface area (Å²) in [5, 5.41) is 12.6. The van der Waals surface area contributed by atoms with Crippen LogP contribution in [0.25, 0.3) is 0 Å². The van der Waals surface area contributed by atoms with E-state index in [1.54, 1.807) is 0 Å². The van der Waals surface area contributed by atoms with E-state index in [0.29, 0.717) is 12.5 Å². The molecule has 2 N–H and O–H groups in total. The quantitative estimate of drug-likeness (QED) is 0.810. The van der Waals surface area contributed by atoms with Crippen molar-refractivity contribution < 1.29 is 9.90 Å². The smallest absolute Gasteiger partial charge is 0.223 e. The molecule has 1 amide bonds. The lowest BCUT2D eigenvalue weighted by Gasteiger charge is -2.29. The number of aliphatic hydroxyl groups excluding tert-OH is 1. The van der Waals surface area contributed by atoms with Gasteiger partial charge in [-0.25, -0.2) is 0 Å². The Hall–Kier alpha value is -1.35. The van der Waals surface area contributed by atoms with E-state index in [1.165, 1.54) is 11.1 Å². The van der Waals surface area contributed by atoms with Crippen LogP contribution < -0.4 is 5.32 Å². The zero-order chi connectivity index (χ0) is 15.5. The normalized spacial score (nSPS) is 21.1. The van der Waals surface area contributed by atoms with Crippen molar-refractivity contribution in [1.29, 1.82) is 0 Å². The highest BCUT2D eigenvalue weighted by atomic mass is 16.3. The average molecular weight is 289 g/mol. The van der Waals surface area contributed by atoms with E-state index < -0.39 is 0 Å². The molecule has 0 saturated heterocycles. The minimum atomic E-state index is -0.164. The van der Waals surface area contributed by atoms with Gasteiger partial charge >= 0.3 is 0 Å². The van der Waals surface area contributed by atoms with Gasteiger partial charge in [0.2, 0.25) is 5.91 Å². The van der Waals surface area contributed by atoms with Crippen LogP contribution in [0.15, 0.2) is 24.3 Å². The fourth-order valence-corrected chi connectivity index (χ4v) is 3.02. The maximum absolute atomic E-state index is 12.3. The lowest BCUT2D eigenvalue weighted by Crippen LogP contribution is -2.40. The maximum Gasteiger partial charge on any atom is 0.223 e. The second kappa shape index (κ2) is 6.61. The van der Waals surface area contributed by atoms with Crippen LogP contribution in [0.1, 0.15) is 50.2 Å². The Morgan fingerprint density at radius 3 is 2.57 bits per heavy atom. The highest BCUT2D eigenvalue weighted by Crippen LogP contribution is 2.48. The summed E-state index contributed by atoms with van der Waals surface area (Å²) in [6.07, 6.45) is 2.71. The summed E-state index contributed by atoms with van der Waals surface area (Å²) >= 11 is 0. The molecule has 1 aliphatic carbocycles. The molecule has 116 valence electrons. The van der Waals surface area contributed by atoms with E-state index in [9.17, 15) is 9.90 Å². The molecule has 1 fully saturated rings. The van der Waals surface area contributed by atoms with Gasteiger partial charge < -0.3 is 10.4 Å². The Morgan fingerprint density at radius 2 is 2.00 bits per heavy atom. The molecule has 3 heteroatoms. The molecular weight excluding hydrogens is 262 g/mol. The number of nitrogens with one attached hydrogen (secondary N) is 1. The van der Waals surface area contributed by atoms with Crippen LogP contribution in [-0.2, 0) is 4.79 Å². The maximum atomic E-state index is 12.3. The van der Waals surface area contributed by atoms with E-state index in [2.05, 4.69) is 38.2 Å². The lowest BCUT2D eigenvalue weighted by atomic mass is 9.83. The third-order valence-corrected chi connectivity index (χ3v) is 5.19. The number of carbonyl (C=O) groups is 1. The number of rotatable bonds is 7. The highest BCUT2D eigenvalue weighted by molar-refractivity contribution is 5.83. The molecule has 0 radical (unpaired) electrons. The summed E-state index contributed by atoms with van der Waals surface area (Å²) in [5.41, 5.74) is 2.41. The molecule has 1 aliphatic rings. The fraction of sp³-hybridized carbons (Fsp3) is 0.611. The van der Waals surface area contributed by atoms with Gasteiger partial charge in [0, 0.05) is 17.9 Å². The van der Waals surface area contributed by atoms with Gasteiger partial charge in [0.15, 0.2) is 0 Å². The molecule has 0 aliphatic heterocycles. The van der Waals surface area contributed by atoms with Crippen molar-refractivity contribution in [1.82, 2.24) is 5.32 Å². The number of hydrogen-bond donors (Lipinski definition) is 2. The lowest BCUT2D eigenvalue weighted by molar-refractivity contribution is -0.123. The van der Waals surface area contributed by atoms with Gasteiger partial charge in [-0.2, -0.15) is 0 Å². The predicted octanol–water partition coefficient (Wildman–Crippen LogP) is 3.01. The van der Waals surface area contributed by atoms with Crippen molar-refractivity contribution in [3.05, 3.63) is 35.4 Å². The van der Waals surface area contributed by atoms with Crippen molar-refractivity contribution in [2.24, 2.45) is 11.3 Å². The van der Waals surface area contributed by atoms with Crippen LogP contribution in [0.3, 0.4) is 0 Å². The molecule has 1 aromatic carbocycles. The molecule has 0 aromatic heterocycles. The number of hydrogen-bond acceptors (Lipinski definition) is 2. The van der Waals surface area contributed by atoms with Crippen molar-refractivity contribution >= 4 is 5.91 Å². The Labute approximate surface area is 127 Å². The Balaban J connectivity index is 1.91. The second-order valence-corrected chi connectivity index (χ2v) is 6.39. The van der Waals surface area contributed by atoms with Gasteiger partial charge in [-0.3, -0.25) is 4.79 Å². The molecule has 2 atom stereocenters. The zero-order valence-corrected chi connectivity index (χ0v) is 13.4. The van der Waals surface area contributed by atoms with Crippen LogP contribution in [0.2, 0.25) is 0 Å². The van der Waals surface area contributed by atoms with Gasteiger partial charge in [-0.05, 0) is 43.2 Å². The van der Waals surface area contributed by atoms with Crippen molar-refractivity contribution in [3.8, 4) is 0 Å². The molecule has 1 saturated carbocycles. The summed E-state index contributed by atoms with van der Waals surface area (Å²) in [6.45, 7) is 6.95. The summed E-state index contributed by atoms with van der Waals surface area (Å²) in [5.74, 6) is 0.622. The minimum Gasteiger partial charge on any atom is -0.396 e. The highest BCUT2D eigenvalue weighted by Gasteiger charge is 2.44. The molecule has 2 unspecified atom stereocenters. The number of carbonyl (C=O) groups excluding carboxylic acids is 1. The molecule has 0 spiro atoms. The first-order valence-electron chi connectivity index (χ1n) is 8.01. The summed E-state index contributed by atoms with van der Waals surface area (Å²) in [7, 11) is 0. The fourth-order valence-electron chi connectivity index (χ4n) is 3.02. The van der Waals surface area contributed by atoms with Gasteiger partial charge in [0.25, 0.3) is 0 Å². The molecular formula is C18H27NO2. The van der Waals surface area contributed by atoms with Crippen molar-refractivity contribution in [2.45, 2.75) is 46.0 Å². The molecule has 1 aromatic rings. The molecule has 21 heavy (non-hydrogen) atoms.